The van der Waals surface area contributed by atoms with Crippen LogP contribution in [-0.2, 0) is 11.3 Å². The molecule has 5 nitrogen and oxygen atoms in total. The Labute approximate surface area is 108 Å². The third-order valence-electron chi connectivity index (χ3n) is 3.26. The van der Waals surface area contributed by atoms with Crippen molar-refractivity contribution in [1.29, 1.82) is 0 Å². The van der Waals surface area contributed by atoms with Gasteiger partial charge in [-0.25, -0.2) is 4.98 Å². The van der Waals surface area contributed by atoms with Crippen LogP contribution >= 0.6 is 0 Å². The molecule has 1 fully saturated rings. The molecule has 1 saturated heterocycles. The summed E-state index contributed by atoms with van der Waals surface area (Å²) in [6.07, 6.45) is 2.52. The van der Waals surface area contributed by atoms with Gasteiger partial charge in [0, 0.05) is 25.6 Å². The summed E-state index contributed by atoms with van der Waals surface area (Å²) in [5.74, 6) is 1.18. The maximum atomic E-state index is 11.7. The van der Waals surface area contributed by atoms with Gasteiger partial charge in [-0.1, -0.05) is 20.8 Å². The number of hydrogen-bond donors (Lipinski definition) is 1. The number of nitrogens with one attached hydrogen (secondary N) is 1. The Morgan fingerprint density at radius 3 is 3.00 bits per heavy atom. The highest BCUT2D eigenvalue weighted by atomic mass is 16.3. The fourth-order valence-electron chi connectivity index (χ4n) is 2.26. The van der Waals surface area contributed by atoms with E-state index in [2.05, 4.69) is 29.0 Å². The molecule has 0 aromatic carbocycles. The van der Waals surface area contributed by atoms with E-state index in [4.69, 9.17) is 4.42 Å². The monoisotopic (exact) mass is 251 g/mol. The summed E-state index contributed by atoms with van der Waals surface area (Å²) >= 11 is 0. The second kappa shape index (κ2) is 5.52. The molecule has 1 N–H and O–H groups in total. The van der Waals surface area contributed by atoms with Gasteiger partial charge in [-0.3, -0.25) is 9.69 Å². The summed E-state index contributed by atoms with van der Waals surface area (Å²) in [7, 11) is 0. The van der Waals surface area contributed by atoms with Crippen LogP contribution in [0.3, 0.4) is 0 Å². The Bertz CT molecular complexity index is 414. The third kappa shape index (κ3) is 2.72. The smallest absolute Gasteiger partial charge is 0.237 e. The average Bonchev–Trinajstić information content (AvgIpc) is 2.78. The van der Waals surface area contributed by atoms with Gasteiger partial charge in [0.2, 0.25) is 5.91 Å². The SMILES string of the molecule is CC[C@@H]1C(=O)NCCN1Cc1coc(C(C)C)n1. The minimum absolute atomic E-state index is 0.0436. The molecule has 1 amide bonds. The molecule has 1 atom stereocenters. The molecule has 0 spiro atoms. The van der Waals surface area contributed by atoms with Crippen LogP contribution < -0.4 is 5.32 Å². The summed E-state index contributed by atoms with van der Waals surface area (Å²) in [5.41, 5.74) is 0.909. The number of nitrogens with zero attached hydrogens (tertiary/aromatic N) is 2. The number of carbonyl (C=O) groups excluding carboxylic acids is 1. The zero-order valence-corrected chi connectivity index (χ0v) is 11.3. The Kier molecular flexibility index (Phi) is 4.01. The van der Waals surface area contributed by atoms with E-state index in [1.807, 2.05) is 6.92 Å². The Morgan fingerprint density at radius 1 is 1.61 bits per heavy atom. The number of amides is 1. The first-order chi connectivity index (χ1) is 8.61. The molecule has 1 aliphatic rings. The molecule has 5 heteroatoms. The number of aromatic nitrogens is 1. The highest BCUT2D eigenvalue weighted by Gasteiger charge is 2.28. The lowest BCUT2D eigenvalue weighted by atomic mass is 10.1. The van der Waals surface area contributed by atoms with Gasteiger partial charge in [0.25, 0.3) is 0 Å². The van der Waals surface area contributed by atoms with Crippen LogP contribution in [0, 0.1) is 0 Å². The average molecular weight is 251 g/mol. The first kappa shape index (κ1) is 13.1. The van der Waals surface area contributed by atoms with Crippen LogP contribution in [0.1, 0.15) is 44.7 Å². The highest BCUT2D eigenvalue weighted by molar-refractivity contribution is 5.82. The van der Waals surface area contributed by atoms with Crippen LogP contribution in [0.4, 0.5) is 0 Å². The maximum Gasteiger partial charge on any atom is 0.237 e. The van der Waals surface area contributed by atoms with Crippen molar-refractivity contribution in [2.45, 2.75) is 45.7 Å². The van der Waals surface area contributed by atoms with Gasteiger partial charge in [0.1, 0.15) is 6.26 Å². The lowest BCUT2D eigenvalue weighted by molar-refractivity contribution is -0.129. The molecule has 2 heterocycles. The van der Waals surface area contributed by atoms with Crippen molar-refractivity contribution in [2.75, 3.05) is 13.1 Å². The number of piperazine rings is 1. The highest BCUT2D eigenvalue weighted by Crippen LogP contribution is 2.17. The van der Waals surface area contributed by atoms with Crippen LogP contribution in [-0.4, -0.2) is 34.9 Å². The normalized spacial score (nSPS) is 21.3. The first-order valence-corrected chi connectivity index (χ1v) is 6.58. The molecule has 18 heavy (non-hydrogen) atoms. The standard InChI is InChI=1S/C13H21N3O2/c1-4-11-12(17)14-5-6-16(11)7-10-8-18-13(15-10)9(2)3/h8-9,11H,4-7H2,1-3H3,(H,14,17)/t11-/m1/s1. The number of rotatable bonds is 4. The number of oxazole rings is 1. The van der Waals surface area contributed by atoms with E-state index in [1.54, 1.807) is 6.26 Å². The van der Waals surface area contributed by atoms with Crippen molar-refractivity contribution < 1.29 is 9.21 Å². The Hall–Kier alpha value is -1.36. The summed E-state index contributed by atoms with van der Waals surface area (Å²) in [6, 6.07) is -0.0436. The van der Waals surface area contributed by atoms with Gasteiger partial charge in [-0.05, 0) is 6.42 Å². The molecule has 1 aromatic heterocycles. The predicted octanol–water partition coefficient (Wildman–Crippen LogP) is 1.51. The number of hydrogen-bond acceptors (Lipinski definition) is 4. The fraction of sp³-hybridized carbons (Fsp3) is 0.692. The van der Waals surface area contributed by atoms with E-state index in [0.717, 1.165) is 24.6 Å². The molecule has 1 aromatic rings. The summed E-state index contributed by atoms with van der Waals surface area (Å²) in [5, 5.41) is 2.90. The van der Waals surface area contributed by atoms with E-state index in [-0.39, 0.29) is 11.9 Å². The number of carbonyl (C=O) groups is 1. The molecular weight excluding hydrogens is 230 g/mol. The second-order valence-electron chi connectivity index (χ2n) is 5.02. The third-order valence-corrected chi connectivity index (χ3v) is 3.26. The Balaban J connectivity index is 2.04. The molecule has 0 radical (unpaired) electrons. The minimum Gasteiger partial charge on any atom is -0.448 e. The van der Waals surface area contributed by atoms with Gasteiger partial charge in [0.05, 0.1) is 11.7 Å². The quantitative estimate of drug-likeness (QED) is 0.881. The van der Waals surface area contributed by atoms with Crippen LogP contribution in [0.2, 0.25) is 0 Å². The van der Waals surface area contributed by atoms with Crippen LogP contribution in [0.25, 0.3) is 0 Å². The zero-order valence-electron chi connectivity index (χ0n) is 11.3. The van der Waals surface area contributed by atoms with Crippen LogP contribution in [0.15, 0.2) is 10.7 Å². The molecule has 0 bridgehead atoms. The van der Waals surface area contributed by atoms with Crippen molar-refractivity contribution in [3.63, 3.8) is 0 Å². The van der Waals surface area contributed by atoms with Crippen molar-refractivity contribution in [1.82, 2.24) is 15.2 Å². The van der Waals surface area contributed by atoms with Crippen LogP contribution in [0.5, 0.6) is 0 Å². The molecule has 2 rings (SSSR count). The van der Waals surface area contributed by atoms with Gasteiger partial charge in [0.15, 0.2) is 5.89 Å². The van der Waals surface area contributed by atoms with E-state index < -0.39 is 0 Å². The molecule has 0 aliphatic carbocycles. The molecule has 0 unspecified atom stereocenters. The van der Waals surface area contributed by atoms with E-state index >= 15 is 0 Å². The molecule has 100 valence electrons. The van der Waals surface area contributed by atoms with Crippen molar-refractivity contribution in [3.8, 4) is 0 Å². The first-order valence-electron chi connectivity index (χ1n) is 6.58. The molecular formula is C13H21N3O2. The van der Waals surface area contributed by atoms with Gasteiger partial charge in [-0.2, -0.15) is 0 Å². The Morgan fingerprint density at radius 2 is 2.39 bits per heavy atom. The van der Waals surface area contributed by atoms with Gasteiger partial charge in [-0.15, -0.1) is 0 Å². The van der Waals surface area contributed by atoms with Crippen molar-refractivity contribution in [2.24, 2.45) is 0 Å². The maximum absolute atomic E-state index is 11.7. The molecule has 1 aliphatic heterocycles. The van der Waals surface area contributed by atoms with Gasteiger partial charge >= 0.3 is 0 Å². The summed E-state index contributed by atoms with van der Waals surface area (Å²) in [4.78, 5) is 18.4. The van der Waals surface area contributed by atoms with Crippen molar-refractivity contribution >= 4 is 5.91 Å². The minimum atomic E-state index is -0.0436. The summed E-state index contributed by atoms with van der Waals surface area (Å²) < 4.78 is 5.42. The summed E-state index contributed by atoms with van der Waals surface area (Å²) in [6.45, 7) is 8.41. The van der Waals surface area contributed by atoms with Gasteiger partial charge < -0.3 is 9.73 Å². The van der Waals surface area contributed by atoms with E-state index in [1.165, 1.54) is 0 Å². The van der Waals surface area contributed by atoms with E-state index in [9.17, 15) is 4.79 Å². The lowest BCUT2D eigenvalue weighted by Gasteiger charge is -2.33. The predicted molar refractivity (Wildman–Crippen MR) is 68.1 cm³/mol. The second-order valence-corrected chi connectivity index (χ2v) is 5.02. The van der Waals surface area contributed by atoms with Crippen molar-refractivity contribution in [3.05, 3.63) is 17.8 Å². The zero-order chi connectivity index (χ0) is 13.1. The topological polar surface area (TPSA) is 58.4 Å². The largest absolute Gasteiger partial charge is 0.448 e. The molecule has 0 saturated carbocycles. The lowest BCUT2D eigenvalue weighted by Crippen LogP contribution is -2.54. The van der Waals surface area contributed by atoms with E-state index in [0.29, 0.717) is 19.0 Å². The fourth-order valence-corrected chi connectivity index (χ4v) is 2.26.